The summed E-state index contributed by atoms with van der Waals surface area (Å²) >= 11 is 0. The predicted octanol–water partition coefficient (Wildman–Crippen LogP) is 2.57. The van der Waals surface area contributed by atoms with E-state index in [0.717, 1.165) is 0 Å². The summed E-state index contributed by atoms with van der Waals surface area (Å²) in [4.78, 5) is 11.3. The van der Waals surface area contributed by atoms with Gasteiger partial charge in [0.2, 0.25) is 5.91 Å². The summed E-state index contributed by atoms with van der Waals surface area (Å²) in [5, 5.41) is 0. The van der Waals surface area contributed by atoms with Crippen LogP contribution < -0.4 is 4.72 Å². The Labute approximate surface area is 103 Å². The van der Waals surface area contributed by atoms with Crippen LogP contribution in [0, 0.1) is 0 Å². The molecule has 1 aromatic rings. The van der Waals surface area contributed by atoms with Gasteiger partial charge in [0.25, 0.3) is 0 Å². The number of alkyl halides is 3. The lowest BCUT2D eigenvalue weighted by Gasteiger charge is -2.33. The van der Waals surface area contributed by atoms with E-state index in [1.165, 1.54) is 0 Å². The van der Waals surface area contributed by atoms with Gasteiger partial charge in [-0.05, 0) is 5.56 Å². The molecule has 0 atom stereocenters. The normalized spacial score (nSPS) is 13.2. The van der Waals surface area contributed by atoms with Gasteiger partial charge in [-0.1, -0.05) is 30.3 Å². The van der Waals surface area contributed by atoms with Gasteiger partial charge in [0, 0.05) is 0 Å². The minimum atomic E-state index is -4.75. The van der Waals surface area contributed by atoms with Gasteiger partial charge >= 0.3 is 6.18 Å². The quantitative estimate of drug-likeness (QED) is 0.795. The van der Waals surface area contributed by atoms with Crippen LogP contribution in [-0.4, -0.2) is 26.9 Å². The van der Waals surface area contributed by atoms with Crippen molar-refractivity contribution in [2.24, 2.45) is 0 Å². The molecule has 0 aromatic heterocycles. The maximum absolute atomic E-state index is 12.0. The summed E-state index contributed by atoms with van der Waals surface area (Å²) in [6.45, 7) is 0. The molecule has 1 amide bonds. The number of nitrogens with one attached hydrogen (secondary N) is 1. The minimum Gasteiger partial charge on any atom is -0.281 e. The highest BCUT2D eigenvalue weighted by Crippen LogP contribution is 2.39. The van der Waals surface area contributed by atoms with Crippen molar-refractivity contribution in [2.45, 2.75) is 12.6 Å². The summed E-state index contributed by atoms with van der Waals surface area (Å²) < 4.78 is 55.7. The fraction of sp³-hybridized carbons (Fsp3) is 0.300. The average molecular weight is 283 g/mol. The average Bonchev–Trinajstić information content (AvgIpc) is 2.13. The molecule has 0 aliphatic carbocycles. The second kappa shape index (κ2) is 5.59. The lowest BCUT2D eigenvalue weighted by molar-refractivity contribution is -0.119. The van der Waals surface area contributed by atoms with E-state index in [9.17, 15) is 18.0 Å². The van der Waals surface area contributed by atoms with Gasteiger partial charge in [0.05, 0.1) is 6.42 Å². The van der Waals surface area contributed by atoms with Crippen LogP contribution in [-0.2, 0) is 11.2 Å². The number of hydrogen-bond donors (Lipinski definition) is 3. The van der Waals surface area contributed by atoms with Crippen molar-refractivity contribution in [3.8, 4) is 0 Å². The molecule has 0 saturated heterocycles. The Bertz CT molecular complexity index is 409. The molecule has 0 unspecified atom stereocenters. The molecule has 1 aromatic carbocycles. The van der Waals surface area contributed by atoms with Gasteiger partial charge in [0.1, 0.15) is 0 Å². The highest BCUT2D eigenvalue weighted by molar-refractivity contribution is 8.23. The first-order valence-corrected chi connectivity index (χ1v) is 6.57. The first-order valence-electron chi connectivity index (χ1n) is 4.85. The molecule has 3 N–H and O–H groups in total. The Hall–Kier alpha value is -1.25. The number of carbonyl (C=O) groups excluding carboxylic acids is 1. The van der Waals surface area contributed by atoms with Crippen molar-refractivity contribution in [1.29, 1.82) is 0 Å². The Kier molecular flexibility index (Phi) is 4.60. The zero-order valence-electron chi connectivity index (χ0n) is 9.15. The Morgan fingerprint density at radius 1 is 1.22 bits per heavy atom. The molecule has 0 fully saturated rings. The number of hydrogen-bond acceptors (Lipinski definition) is 3. The van der Waals surface area contributed by atoms with Crippen LogP contribution in [0.15, 0.2) is 30.3 Å². The molecule has 8 heteroatoms. The Balaban J connectivity index is 2.54. The summed E-state index contributed by atoms with van der Waals surface area (Å²) in [6.07, 6.45) is -4.96. The standard InChI is InChI=1S/C10H12F3NO3S/c11-10(12,13)7-18(16,17)14-9(15)6-8-4-2-1-3-5-8/h1-5,16-17H,6-7H2,(H,14,15). The van der Waals surface area contributed by atoms with E-state index < -0.39 is 28.6 Å². The Morgan fingerprint density at radius 2 is 1.78 bits per heavy atom. The van der Waals surface area contributed by atoms with Crippen LogP contribution in [0.3, 0.4) is 0 Å². The second-order valence-corrected chi connectivity index (χ2v) is 5.44. The smallest absolute Gasteiger partial charge is 0.281 e. The largest absolute Gasteiger partial charge is 0.407 e. The van der Waals surface area contributed by atoms with Gasteiger partial charge in [-0.3, -0.25) is 18.6 Å². The van der Waals surface area contributed by atoms with Gasteiger partial charge in [-0.15, -0.1) is 10.8 Å². The lowest BCUT2D eigenvalue weighted by atomic mass is 10.1. The molecule has 4 nitrogen and oxygen atoms in total. The maximum atomic E-state index is 12.0. The highest BCUT2D eigenvalue weighted by atomic mass is 32.3. The van der Waals surface area contributed by atoms with E-state index >= 15 is 0 Å². The van der Waals surface area contributed by atoms with E-state index in [4.69, 9.17) is 9.11 Å². The molecule has 0 heterocycles. The van der Waals surface area contributed by atoms with Crippen LogP contribution in [0.2, 0.25) is 0 Å². The van der Waals surface area contributed by atoms with Crippen molar-refractivity contribution in [3.63, 3.8) is 0 Å². The van der Waals surface area contributed by atoms with E-state index in [1.807, 2.05) is 0 Å². The van der Waals surface area contributed by atoms with E-state index in [1.54, 1.807) is 35.1 Å². The highest BCUT2D eigenvalue weighted by Gasteiger charge is 2.36. The van der Waals surface area contributed by atoms with Gasteiger partial charge in [-0.25, -0.2) is 0 Å². The van der Waals surface area contributed by atoms with Crippen molar-refractivity contribution in [3.05, 3.63) is 35.9 Å². The first-order chi connectivity index (χ1) is 8.18. The van der Waals surface area contributed by atoms with Crippen LogP contribution in [0.5, 0.6) is 0 Å². The van der Waals surface area contributed by atoms with Crippen LogP contribution in [0.1, 0.15) is 5.56 Å². The zero-order valence-corrected chi connectivity index (χ0v) is 9.96. The minimum absolute atomic E-state index is 0.214. The fourth-order valence-corrected chi connectivity index (χ4v) is 2.23. The molecule has 18 heavy (non-hydrogen) atoms. The number of halogens is 3. The first kappa shape index (κ1) is 14.8. The van der Waals surface area contributed by atoms with Crippen molar-refractivity contribution in [2.75, 3.05) is 5.75 Å². The van der Waals surface area contributed by atoms with Crippen molar-refractivity contribution < 1.29 is 27.1 Å². The van der Waals surface area contributed by atoms with E-state index in [-0.39, 0.29) is 6.42 Å². The summed E-state index contributed by atoms with van der Waals surface area (Å²) in [5.41, 5.74) is 0.567. The molecule has 0 aliphatic heterocycles. The van der Waals surface area contributed by atoms with Gasteiger partial charge in [-0.2, -0.15) is 13.2 Å². The molecule has 0 aliphatic rings. The molecule has 0 bridgehead atoms. The third-order valence-corrected chi connectivity index (χ3v) is 3.13. The van der Waals surface area contributed by atoms with E-state index in [0.29, 0.717) is 5.56 Å². The summed E-state index contributed by atoms with van der Waals surface area (Å²) in [6, 6.07) is 8.26. The fourth-order valence-electron chi connectivity index (χ4n) is 1.26. The molecule has 102 valence electrons. The van der Waals surface area contributed by atoms with Gasteiger partial charge < -0.3 is 0 Å². The van der Waals surface area contributed by atoms with Crippen molar-refractivity contribution in [1.82, 2.24) is 4.72 Å². The summed E-state index contributed by atoms with van der Waals surface area (Å²) in [5.74, 6) is -2.72. The number of rotatable bonds is 4. The van der Waals surface area contributed by atoms with Crippen LogP contribution >= 0.6 is 10.8 Å². The molecule has 0 saturated carbocycles. The topological polar surface area (TPSA) is 69.6 Å². The molecular weight excluding hydrogens is 271 g/mol. The number of amides is 1. The molecule has 0 spiro atoms. The summed E-state index contributed by atoms with van der Waals surface area (Å²) in [7, 11) is -4.18. The number of benzene rings is 1. The number of carbonyl (C=O) groups is 1. The SMILES string of the molecule is O=C(Cc1ccccc1)NS(O)(O)CC(F)(F)F. The van der Waals surface area contributed by atoms with E-state index in [2.05, 4.69) is 0 Å². The molecule has 0 radical (unpaired) electrons. The molecular formula is C10H12F3NO3S. The zero-order chi connectivity index (χ0) is 13.8. The monoisotopic (exact) mass is 283 g/mol. The van der Waals surface area contributed by atoms with Gasteiger partial charge in [0.15, 0.2) is 5.75 Å². The van der Waals surface area contributed by atoms with Crippen LogP contribution in [0.25, 0.3) is 0 Å². The van der Waals surface area contributed by atoms with Crippen LogP contribution in [0.4, 0.5) is 13.2 Å². The Morgan fingerprint density at radius 3 is 2.28 bits per heavy atom. The second-order valence-electron chi connectivity index (χ2n) is 3.61. The third-order valence-electron chi connectivity index (χ3n) is 1.85. The van der Waals surface area contributed by atoms with Crippen molar-refractivity contribution >= 4 is 16.7 Å². The maximum Gasteiger partial charge on any atom is 0.407 e. The molecule has 1 rings (SSSR count). The predicted molar refractivity (Wildman–Crippen MR) is 62.1 cm³/mol. The lowest BCUT2D eigenvalue weighted by Crippen LogP contribution is -2.34. The third kappa shape index (κ3) is 5.89.